The van der Waals surface area contributed by atoms with Gasteiger partial charge in [0.15, 0.2) is 0 Å². The van der Waals surface area contributed by atoms with E-state index in [1.165, 1.54) is 19.2 Å². The summed E-state index contributed by atoms with van der Waals surface area (Å²) in [6.45, 7) is 0.411. The van der Waals surface area contributed by atoms with Gasteiger partial charge in [0.2, 0.25) is 0 Å². The van der Waals surface area contributed by atoms with Crippen LogP contribution in [0.4, 0.5) is 0 Å². The first kappa shape index (κ1) is 13.0. The van der Waals surface area contributed by atoms with Crippen LogP contribution in [0.15, 0.2) is 36.5 Å². The van der Waals surface area contributed by atoms with E-state index in [0.29, 0.717) is 12.3 Å². The normalized spacial score (nSPS) is 10.2. The molecule has 100 valence electrons. The molecular weight excluding hydrogens is 244 g/mol. The number of carbonyl (C=O) groups is 1. The van der Waals surface area contributed by atoms with Crippen LogP contribution in [0.2, 0.25) is 0 Å². The molecule has 0 saturated carbocycles. The average Bonchev–Trinajstić information content (AvgIpc) is 2.81. The van der Waals surface area contributed by atoms with Crippen LogP contribution in [0, 0.1) is 0 Å². The highest BCUT2D eigenvalue weighted by molar-refractivity contribution is 5.96. The van der Waals surface area contributed by atoms with Gasteiger partial charge in [0.1, 0.15) is 11.5 Å². The Morgan fingerprint density at radius 3 is 2.79 bits per heavy atom. The summed E-state index contributed by atoms with van der Waals surface area (Å²) in [6.07, 6.45) is 1.91. The number of phenols is 1. The lowest BCUT2D eigenvalue weighted by Gasteiger charge is -2.08. The first-order valence-corrected chi connectivity index (χ1v) is 5.87. The molecule has 2 rings (SSSR count). The second kappa shape index (κ2) is 5.48. The zero-order valence-electron chi connectivity index (χ0n) is 10.9. The summed E-state index contributed by atoms with van der Waals surface area (Å²) in [5, 5.41) is 12.5. The summed E-state index contributed by atoms with van der Waals surface area (Å²) in [4.78, 5) is 12.0. The highest BCUT2D eigenvalue weighted by atomic mass is 16.5. The van der Waals surface area contributed by atoms with Gasteiger partial charge in [-0.3, -0.25) is 4.79 Å². The monoisotopic (exact) mass is 260 g/mol. The summed E-state index contributed by atoms with van der Waals surface area (Å²) in [6, 6.07) is 8.42. The van der Waals surface area contributed by atoms with Gasteiger partial charge in [-0.05, 0) is 24.3 Å². The van der Waals surface area contributed by atoms with Crippen molar-refractivity contribution >= 4 is 5.91 Å². The number of aryl methyl sites for hydroxylation is 1. The van der Waals surface area contributed by atoms with Gasteiger partial charge < -0.3 is 19.7 Å². The molecule has 2 aromatic rings. The molecule has 2 N–H and O–H groups in total. The van der Waals surface area contributed by atoms with E-state index < -0.39 is 0 Å². The smallest absolute Gasteiger partial charge is 0.255 e. The first-order chi connectivity index (χ1) is 9.11. The Kier molecular flexibility index (Phi) is 3.75. The number of phenolic OH excluding ortho intramolecular Hbond substituents is 1. The maximum Gasteiger partial charge on any atom is 0.255 e. The molecule has 0 bridgehead atoms. The average molecular weight is 260 g/mol. The number of carbonyl (C=O) groups excluding carboxylic acids is 1. The fraction of sp³-hybridized carbons (Fsp3) is 0.214. The van der Waals surface area contributed by atoms with Crippen LogP contribution >= 0.6 is 0 Å². The number of rotatable bonds is 4. The second-order valence-electron chi connectivity index (χ2n) is 4.18. The number of aromatic hydroxyl groups is 1. The zero-order chi connectivity index (χ0) is 13.8. The van der Waals surface area contributed by atoms with E-state index in [0.717, 1.165) is 5.69 Å². The van der Waals surface area contributed by atoms with Crippen molar-refractivity contribution in [2.45, 2.75) is 6.54 Å². The van der Waals surface area contributed by atoms with E-state index in [1.807, 2.05) is 29.9 Å². The van der Waals surface area contributed by atoms with Gasteiger partial charge in [-0.25, -0.2) is 0 Å². The minimum absolute atomic E-state index is 0.0938. The van der Waals surface area contributed by atoms with Crippen molar-refractivity contribution in [2.75, 3.05) is 7.11 Å². The van der Waals surface area contributed by atoms with Crippen molar-refractivity contribution in [1.82, 2.24) is 9.88 Å². The molecule has 0 atom stereocenters. The minimum atomic E-state index is -0.318. The molecule has 5 heteroatoms. The lowest BCUT2D eigenvalue weighted by molar-refractivity contribution is 0.0947. The second-order valence-corrected chi connectivity index (χ2v) is 4.18. The van der Waals surface area contributed by atoms with Crippen molar-refractivity contribution in [3.63, 3.8) is 0 Å². The fourth-order valence-electron chi connectivity index (χ4n) is 1.78. The summed E-state index contributed by atoms with van der Waals surface area (Å²) in [7, 11) is 3.41. The molecule has 0 aliphatic carbocycles. The van der Waals surface area contributed by atoms with Gasteiger partial charge in [-0.15, -0.1) is 0 Å². The third-order valence-electron chi connectivity index (χ3n) is 2.93. The van der Waals surface area contributed by atoms with Crippen LogP contribution in [0.5, 0.6) is 11.5 Å². The third kappa shape index (κ3) is 2.88. The van der Waals surface area contributed by atoms with Crippen LogP contribution in [0.3, 0.4) is 0 Å². The predicted molar refractivity (Wildman–Crippen MR) is 71.2 cm³/mol. The van der Waals surface area contributed by atoms with Crippen molar-refractivity contribution in [1.29, 1.82) is 0 Å². The topological polar surface area (TPSA) is 63.5 Å². The van der Waals surface area contributed by atoms with Gasteiger partial charge >= 0.3 is 0 Å². The van der Waals surface area contributed by atoms with Crippen LogP contribution in [0.1, 0.15) is 16.1 Å². The number of hydrogen-bond acceptors (Lipinski definition) is 3. The quantitative estimate of drug-likeness (QED) is 0.879. The highest BCUT2D eigenvalue weighted by Gasteiger charge is 2.12. The molecule has 0 saturated heterocycles. The van der Waals surface area contributed by atoms with E-state index in [-0.39, 0.29) is 17.2 Å². The molecule has 0 fully saturated rings. The highest BCUT2D eigenvalue weighted by Crippen LogP contribution is 2.23. The van der Waals surface area contributed by atoms with E-state index in [1.54, 1.807) is 6.07 Å². The van der Waals surface area contributed by atoms with E-state index in [2.05, 4.69) is 5.32 Å². The molecule has 0 unspecified atom stereocenters. The van der Waals surface area contributed by atoms with E-state index in [4.69, 9.17) is 4.74 Å². The predicted octanol–water partition coefficient (Wildman–Crippen LogP) is 1.67. The molecule has 5 nitrogen and oxygen atoms in total. The molecule has 1 heterocycles. The van der Waals surface area contributed by atoms with E-state index in [9.17, 15) is 9.90 Å². The molecule has 0 spiro atoms. The number of hydrogen-bond donors (Lipinski definition) is 2. The third-order valence-corrected chi connectivity index (χ3v) is 2.93. The first-order valence-electron chi connectivity index (χ1n) is 5.87. The van der Waals surface area contributed by atoms with Gasteiger partial charge in [-0.2, -0.15) is 0 Å². The van der Waals surface area contributed by atoms with E-state index >= 15 is 0 Å². The molecule has 0 radical (unpaired) electrons. The summed E-state index contributed by atoms with van der Waals surface area (Å²) < 4.78 is 6.89. The lowest BCUT2D eigenvalue weighted by atomic mass is 10.2. The molecule has 19 heavy (non-hydrogen) atoms. The van der Waals surface area contributed by atoms with Gasteiger partial charge in [0.25, 0.3) is 5.91 Å². The zero-order valence-corrected chi connectivity index (χ0v) is 10.9. The number of aromatic nitrogens is 1. The lowest BCUT2D eigenvalue weighted by Crippen LogP contribution is -2.23. The largest absolute Gasteiger partial charge is 0.507 e. The SMILES string of the molecule is COc1ccc(C(=O)NCc2cccn2C)c(O)c1. The Hall–Kier alpha value is -2.43. The fourth-order valence-corrected chi connectivity index (χ4v) is 1.78. The Balaban J connectivity index is 2.06. The Bertz CT molecular complexity index is 590. The summed E-state index contributed by atoms with van der Waals surface area (Å²) in [5.74, 6) is 0.0987. The van der Waals surface area contributed by atoms with Gasteiger partial charge in [-0.1, -0.05) is 0 Å². The number of nitrogens with zero attached hydrogens (tertiary/aromatic N) is 1. The molecule has 1 amide bonds. The number of ether oxygens (including phenoxy) is 1. The summed E-state index contributed by atoms with van der Waals surface area (Å²) in [5.41, 5.74) is 1.22. The minimum Gasteiger partial charge on any atom is -0.507 e. The molecule has 1 aromatic heterocycles. The van der Waals surface area contributed by atoms with Crippen molar-refractivity contribution in [3.05, 3.63) is 47.8 Å². The van der Waals surface area contributed by atoms with Crippen molar-refractivity contribution in [2.24, 2.45) is 7.05 Å². The molecule has 0 aliphatic heterocycles. The number of benzene rings is 1. The number of amides is 1. The van der Waals surface area contributed by atoms with Crippen LogP contribution in [0.25, 0.3) is 0 Å². The van der Waals surface area contributed by atoms with Crippen LogP contribution < -0.4 is 10.1 Å². The Labute approximate surface area is 111 Å². The van der Waals surface area contributed by atoms with Crippen molar-refractivity contribution < 1.29 is 14.6 Å². The van der Waals surface area contributed by atoms with Gasteiger partial charge in [0, 0.05) is 25.0 Å². The maximum absolute atomic E-state index is 12.0. The van der Waals surface area contributed by atoms with Crippen LogP contribution in [-0.4, -0.2) is 22.7 Å². The molecule has 1 aromatic carbocycles. The Morgan fingerprint density at radius 2 is 2.21 bits per heavy atom. The number of nitrogens with one attached hydrogen (secondary N) is 1. The number of methoxy groups -OCH3 is 1. The maximum atomic E-state index is 12.0. The van der Waals surface area contributed by atoms with Crippen molar-refractivity contribution in [3.8, 4) is 11.5 Å². The summed E-state index contributed by atoms with van der Waals surface area (Å²) >= 11 is 0. The van der Waals surface area contributed by atoms with Gasteiger partial charge in [0.05, 0.1) is 19.2 Å². The standard InChI is InChI=1S/C14H16N2O3/c1-16-7-3-4-10(16)9-15-14(18)12-6-5-11(19-2)8-13(12)17/h3-8,17H,9H2,1-2H3,(H,15,18). The van der Waals surface area contributed by atoms with Crippen LogP contribution in [-0.2, 0) is 13.6 Å². The molecule has 0 aliphatic rings. The molecular formula is C14H16N2O3. The Morgan fingerprint density at radius 1 is 1.42 bits per heavy atom.